The molecule has 0 bridgehead atoms. The Balaban J connectivity index is 1.16. The van der Waals surface area contributed by atoms with Crippen molar-refractivity contribution in [2.45, 2.75) is 26.4 Å². The van der Waals surface area contributed by atoms with Gasteiger partial charge in [0.1, 0.15) is 17.8 Å². The Morgan fingerprint density at radius 3 is 2.40 bits per heavy atom. The van der Waals surface area contributed by atoms with Gasteiger partial charge in [-0.3, -0.25) is 5.10 Å². The van der Waals surface area contributed by atoms with Gasteiger partial charge in [0, 0.05) is 53.8 Å². The number of nitrogens with zero attached hydrogens (tertiary/aromatic N) is 5. The predicted molar refractivity (Wildman–Crippen MR) is 191 cm³/mol. The van der Waals surface area contributed by atoms with Gasteiger partial charge in [-0.05, 0) is 76.6 Å². The largest absolute Gasteiger partial charge is 0.444 e. The van der Waals surface area contributed by atoms with Gasteiger partial charge in [0.25, 0.3) is 0 Å². The molecule has 1 aliphatic heterocycles. The van der Waals surface area contributed by atoms with Gasteiger partial charge in [0.2, 0.25) is 5.95 Å². The molecule has 1 saturated heterocycles. The van der Waals surface area contributed by atoms with E-state index in [2.05, 4.69) is 60.0 Å². The zero-order chi connectivity index (χ0) is 33.3. The summed E-state index contributed by atoms with van der Waals surface area (Å²) in [7, 11) is -2.54. The molecule has 5 aromatic rings. The summed E-state index contributed by atoms with van der Waals surface area (Å²) in [5.41, 5.74) is 4.74. The van der Waals surface area contributed by atoms with Crippen LogP contribution in [0.1, 0.15) is 20.8 Å². The number of nitrogens with one attached hydrogen (secondary N) is 3. The van der Waals surface area contributed by atoms with Crippen LogP contribution in [0, 0.1) is 0 Å². The molecule has 0 aliphatic carbocycles. The summed E-state index contributed by atoms with van der Waals surface area (Å²) in [4.78, 5) is 25.5. The van der Waals surface area contributed by atoms with E-state index in [1.54, 1.807) is 18.2 Å². The SMILES string of the molecule is CC(C)(C)OC(=O)N1CCN(c2ccc(-c3n[nH]c4ccc(Nc5ncc(Cl)c(Nc6ccccc6P(C)(C)=O)n5)cc34)cc2)CC1. The minimum Gasteiger partial charge on any atom is -0.444 e. The number of H-pyrrole nitrogens is 1. The van der Waals surface area contributed by atoms with Crippen molar-refractivity contribution < 1.29 is 14.1 Å². The minimum absolute atomic E-state index is 0.265. The molecule has 2 aromatic heterocycles. The highest BCUT2D eigenvalue weighted by molar-refractivity contribution is 7.70. The van der Waals surface area contributed by atoms with Crippen LogP contribution >= 0.6 is 18.7 Å². The van der Waals surface area contributed by atoms with Crippen LogP contribution in [0.5, 0.6) is 0 Å². The minimum atomic E-state index is -2.54. The van der Waals surface area contributed by atoms with E-state index in [1.807, 2.05) is 63.2 Å². The van der Waals surface area contributed by atoms with E-state index < -0.39 is 12.7 Å². The van der Waals surface area contributed by atoms with Gasteiger partial charge < -0.3 is 29.7 Å². The number of halogens is 1. The van der Waals surface area contributed by atoms with Crippen molar-refractivity contribution in [1.82, 2.24) is 25.1 Å². The molecule has 0 saturated carbocycles. The third kappa shape index (κ3) is 7.53. The zero-order valence-electron chi connectivity index (χ0n) is 27.0. The van der Waals surface area contributed by atoms with Crippen LogP contribution in [-0.4, -0.2) is 76.3 Å². The Labute approximate surface area is 279 Å². The first kappa shape index (κ1) is 32.3. The second kappa shape index (κ2) is 12.9. The molecule has 3 heterocycles. The van der Waals surface area contributed by atoms with Gasteiger partial charge in [0.15, 0.2) is 5.82 Å². The molecular formula is C34H38ClN8O3P. The number of amides is 1. The average molecular weight is 673 g/mol. The summed E-state index contributed by atoms with van der Waals surface area (Å²) in [6.45, 7) is 11.8. The Bertz CT molecular complexity index is 1960. The standard InChI is InChI=1S/C34H38ClN8O3P/c1-34(2,3)46-33(44)43-18-16-42(17-19-43)24-13-10-22(11-14-24)30-25-20-23(12-15-27(25)40-41-30)37-32-36-21-26(35)31(39-32)38-28-8-6-7-9-29(28)47(4,5)45/h6-15,20-21H,16-19H2,1-5H3,(H,40,41)(H2,36,37,38,39). The molecule has 1 fully saturated rings. The Morgan fingerprint density at radius 2 is 1.70 bits per heavy atom. The summed E-state index contributed by atoms with van der Waals surface area (Å²) in [6.07, 6.45) is 1.26. The topological polar surface area (TPSA) is 128 Å². The van der Waals surface area contributed by atoms with Crippen LogP contribution < -0.4 is 20.8 Å². The number of aromatic nitrogens is 4. The van der Waals surface area contributed by atoms with Crippen molar-refractivity contribution >= 4 is 69.9 Å². The van der Waals surface area contributed by atoms with E-state index in [4.69, 9.17) is 16.3 Å². The summed E-state index contributed by atoms with van der Waals surface area (Å²) < 4.78 is 18.4. The maximum Gasteiger partial charge on any atom is 0.410 e. The van der Waals surface area contributed by atoms with Crippen LogP contribution in [-0.2, 0) is 9.30 Å². The zero-order valence-corrected chi connectivity index (χ0v) is 28.7. The number of fused-ring (bicyclic) bond motifs is 1. The number of aromatic amines is 1. The molecule has 1 amide bonds. The number of para-hydroxylation sites is 1. The highest BCUT2D eigenvalue weighted by Gasteiger charge is 2.26. The van der Waals surface area contributed by atoms with Gasteiger partial charge in [-0.25, -0.2) is 9.78 Å². The fourth-order valence-electron chi connectivity index (χ4n) is 5.44. The number of hydrogen-bond donors (Lipinski definition) is 3. The fraction of sp³-hybridized carbons (Fsp3) is 0.294. The van der Waals surface area contributed by atoms with E-state index in [9.17, 15) is 9.36 Å². The van der Waals surface area contributed by atoms with E-state index in [-0.39, 0.29) is 6.09 Å². The van der Waals surface area contributed by atoms with Gasteiger partial charge in [-0.15, -0.1) is 0 Å². The lowest BCUT2D eigenvalue weighted by Gasteiger charge is -2.36. The van der Waals surface area contributed by atoms with E-state index >= 15 is 0 Å². The highest BCUT2D eigenvalue weighted by atomic mass is 35.5. The molecule has 47 heavy (non-hydrogen) atoms. The van der Waals surface area contributed by atoms with Crippen LogP contribution in [0.3, 0.4) is 0 Å². The quantitative estimate of drug-likeness (QED) is 0.151. The predicted octanol–water partition coefficient (Wildman–Crippen LogP) is 7.47. The van der Waals surface area contributed by atoms with Crippen molar-refractivity contribution in [2.24, 2.45) is 0 Å². The molecule has 244 valence electrons. The second-order valence-corrected chi connectivity index (χ2v) is 16.4. The fourth-order valence-corrected chi connectivity index (χ4v) is 6.73. The van der Waals surface area contributed by atoms with Crippen molar-refractivity contribution in [3.05, 3.63) is 77.9 Å². The normalized spacial score (nSPS) is 13.9. The Hall–Kier alpha value is -4.60. The summed E-state index contributed by atoms with van der Waals surface area (Å²) in [5.74, 6) is 0.757. The third-order valence-electron chi connectivity index (χ3n) is 7.74. The molecular weight excluding hydrogens is 635 g/mol. The van der Waals surface area contributed by atoms with Crippen molar-refractivity contribution in [3.63, 3.8) is 0 Å². The number of hydrogen-bond acceptors (Lipinski definition) is 9. The van der Waals surface area contributed by atoms with E-state index in [0.717, 1.165) is 51.9 Å². The molecule has 13 heteroatoms. The second-order valence-electron chi connectivity index (χ2n) is 12.8. The molecule has 6 rings (SSSR count). The van der Waals surface area contributed by atoms with Gasteiger partial charge in [0.05, 0.1) is 23.1 Å². The molecule has 3 aromatic carbocycles. The molecule has 11 nitrogen and oxygen atoms in total. The number of anilines is 5. The number of benzene rings is 3. The van der Waals surface area contributed by atoms with Crippen molar-refractivity contribution in [2.75, 3.05) is 55.0 Å². The third-order valence-corrected chi connectivity index (χ3v) is 9.56. The maximum absolute atomic E-state index is 12.8. The summed E-state index contributed by atoms with van der Waals surface area (Å²) in [5, 5.41) is 16.3. The Morgan fingerprint density at radius 1 is 0.979 bits per heavy atom. The molecule has 0 unspecified atom stereocenters. The molecule has 0 atom stereocenters. The first-order valence-corrected chi connectivity index (χ1v) is 18.3. The van der Waals surface area contributed by atoms with Gasteiger partial charge in [-0.1, -0.05) is 35.9 Å². The maximum atomic E-state index is 12.8. The summed E-state index contributed by atoms with van der Waals surface area (Å²) >= 11 is 6.45. The molecule has 0 radical (unpaired) electrons. The lowest BCUT2D eigenvalue weighted by Crippen LogP contribution is -2.50. The monoisotopic (exact) mass is 672 g/mol. The summed E-state index contributed by atoms with van der Waals surface area (Å²) in [6, 6.07) is 21.6. The molecule has 3 N–H and O–H groups in total. The van der Waals surface area contributed by atoms with Crippen LogP contribution in [0.2, 0.25) is 5.02 Å². The molecule has 1 aliphatic rings. The first-order valence-electron chi connectivity index (χ1n) is 15.4. The lowest BCUT2D eigenvalue weighted by molar-refractivity contribution is 0.0240. The van der Waals surface area contributed by atoms with Crippen molar-refractivity contribution in [3.8, 4) is 11.3 Å². The van der Waals surface area contributed by atoms with E-state index in [0.29, 0.717) is 35.6 Å². The number of carbonyl (C=O) groups excluding carboxylic acids is 1. The number of ether oxygens (including phenoxy) is 1. The van der Waals surface area contributed by atoms with Crippen molar-refractivity contribution in [1.29, 1.82) is 0 Å². The molecule has 0 spiro atoms. The highest BCUT2D eigenvalue weighted by Crippen LogP contribution is 2.39. The van der Waals surface area contributed by atoms with Crippen LogP contribution in [0.25, 0.3) is 22.2 Å². The average Bonchev–Trinajstić information content (AvgIpc) is 3.45. The van der Waals surface area contributed by atoms with Gasteiger partial charge in [-0.2, -0.15) is 10.1 Å². The number of carbonyl (C=O) groups is 1. The number of rotatable bonds is 7. The Kier molecular flexibility index (Phi) is 8.87. The first-order chi connectivity index (χ1) is 22.3. The van der Waals surface area contributed by atoms with Gasteiger partial charge >= 0.3 is 6.09 Å². The van der Waals surface area contributed by atoms with E-state index in [1.165, 1.54) is 6.20 Å². The number of piperazine rings is 1. The smallest absolute Gasteiger partial charge is 0.410 e. The lowest BCUT2D eigenvalue weighted by atomic mass is 10.1. The van der Waals surface area contributed by atoms with Crippen LogP contribution in [0.15, 0.2) is 72.9 Å². The van der Waals surface area contributed by atoms with Crippen LogP contribution in [0.4, 0.5) is 33.6 Å².